The third-order valence-corrected chi connectivity index (χ3v) is 7.97. The van der Waals surface area contributed by atoms with Crippen LogP contribution in [-0.2, 0) is 16.2 Å². The molecule has 0 spiro atoms. The first-order chi connectivity index (χ1) is 14.2. The Labute approximate surface area is 201 Å². The summed E-state index contributed by atoms with van der Waals surface area (Å²) in [7, 11) is 0. The van der Waals surface area contributed by atoms with Crippen LogP contribution in [0.5, 0.6) is 0 Å². The van der Waals surface area contributed by atoms with Gasteiger partial charge in [-0.05, 0) is 89.5 Å². The van der Waals surface area contributed by atoms with Gasteiger partial charge in [-0.15, -0.1) is 0 Å². The molecule has 0 N–H and O–H groups in total. The monoisotopic (exact) mass is 494 g/mol. The van der Waals surface area contributed by atoms with Crippen molar-refractivity contribution in [2.24, 2.45) is 0 Å². The maximum atomic E-state index is 6.52. The van der Waals surface area contributed by atoms with Gasteiger partial charge < -0.3 is 0 Å². The van der Waals surface area contributed by atoms with Gasteiger partial charge in [-0.25, -0.2) is 0 Å². The molecule has 4 rings (SSSR count). The summed E-state index contributed by atoms with van der Waals surface area (Å²) in [6.45, 7) is 18.5. The van der Waals surface area contributed by atoms with E-state index in [4.69, 9.17) is 11.6 Å². The van der Waals surface area contributed by atoms with E-state index in [-0.39, 0.29) is 16.2 Å². The van der Waals surface area contributed by atoms with Crippen molar-refractivity contribution < 1.29 is 0 Å². The van der Waals surface area contributed by atoms with Gasteiger partial charge in [-0.1, -0.05) is 97.3 Å². The van der Waals surface area contributed by atoms with Gasteiger partial charge in [0, 0.05) is 9.89 Å². The minimum absolute atomic E-state index is 0.0545. The Kier molecular flexibility index (Phi) is 5.27. The van der Waals surface area contributed by atoms with E-state index < -0.39 is 0 Å². The molecular formula is C29H32BrCl. The van der Waals surface area contributed by atoms with Crippen LogP contribution in [0.1, 0.15) is 77.6 Å². The van der Waals surface area contributed by atoms with Crippen LogP contribution in [0, 0.1) is 0 Å². The highest BCUT2D eigenvalue weighted by Gasteiger charge is 2.39. The summed E-state index contributed by atoms with van der Waals surface area (Å²) in [6, 6.07) is 18.2. The Morgan fingerprint density at radius 1 is 0.710 bits per heavy atom. The first kappa shape index (κ1) is 22.6. The molecule has 0 aromatic heterocycles. The lowest BCUT2D eigenvalue weighted by molar-refractivity contribution is 0.580. The Morgan fingerprint density at radius 3 is 1.90 bits per heavy atom. The second-order valence-electron chi connectivity index (χ2n) is 11.5. The summed E-state index contributed by atoms with van der Waals surface area (Å²) in [5.74, 6) is 0. The first-order valence-corrected chi connectivity index (χ1v) is 12.2. The normalized spacial score (nSPS) is 15.0. The fourth-order valence-electron chi connectivity index (χ4n) is 4.64. The van der Waals surface area contributed by atoms with Crippen LogP contribution >= 0.6 is 27.5 Å². The van der Waals surface area contributed by atoms with E-state index in [9.17, 15) is 0 Å². The number of rotatable bonds is 1. The molecular weight excluding hydrogens is 464 g/mol. The number of fused-ring (bicyclic) bond motifs is 3. The van der Waals surface area contributed by atoms with Crippen LogP contribution in [0.4, 0.5) is 0 Å². The standard InChI is InChI=1S/C29H32BrCl/c1-27(2,3)18-10-11-20-22(15-18)29(7,8)23-16-19(28(4,5)6)14-21(26(20)23)17-9-12-24(30)25(31)13-17/h9-16H,1-8H3. The molecule has 0 nitrogen and oxygen atoms in total. The smallest absolute Gasteiger partial charge is 0.0554 e. The third kappa shape index (κ3) is 3.79. The zero-order valence-electron chi connectivity index (χ0n) is 19.9. The molecule has 2 heteroatoms. The van der Waals surface area contributed by atoms with Gasteiger partial charge in [0.2, 0.25) is 0 Å². The molecule has 0 amide bonds. The van der Waals surface area contributed by atoms with E-state index >= 15 is 0 Å². The number of hydrogen-bond acceptors (Lipinski definition) is 0. The molecule has 0 aliphatic heterocycles. The zero-order valence-corrected chi connectivity index (χ0v) is 22.2. The van der Waals surface area contributed by atoms with Gasteiger partial charge in [0.05, 0.1) is 5.02 Å². The molecule has 162 valence electrons. The fourth-order valence-corrected chi connectivity index (χ4v) is 5.07. The van der Waals surface area contributed by atoms with Crippen molar-refractivity contribution in [1.82, 2.24) is 0 Å². The average molecular weight is 496 g/mol. The Balaban J connectivity index is 2.08. The molecule has 0 unspecified atom stereocenters. The quantitative estimate of drug-likeness (QED) is 0.315. The zero-order chi connectivity index (χ0) is 22.9. The lowest BCUT2D eigenvalue weighted by atomic mass is 9.76. The van der Waals surface area contributed by atoms with Gasteiger partial charge >= 0.3 is 0 Å². The number of halogens is 2. The second-order valence-corrected chi connectivity index (χ2v) is 12.7. The highest BCUT2D eigenvalue weighted by molar-refractivity contribution is 9.10. The lowest BCUT2D eigenvalue weighted by Crippen LogP contribution is -2.19. The van der Waals surface area contributed by atoms with Crippen molar-refractivity contribution in [2.75, 3.05) is 0 Å². The summed E-state index contributed by atoms with van der Waals surface area (Å²) in [4.78, 5) is 0. The van der Waals surface area contributed by atoms with E-state index in [1.165, 1.54) is 44.5 Å². The largest absolute Gasteiger partial charge is 0.0831 e. The molecule has 0 fully saturated rings. The molecule has 3 aromatic carbocycles. The van der Waals surface area contributed by atoms with E-state index in [0.29, 0.717) is 0 Å². The minimum Gasteiger partial charge on any atom is -0.0831 e. The maximum Gasteiger partial charge on any atom is 0.0554 e. The summed E-state index contributed by atoms with van der Waals surface area (Å²) in [5, 5.41) is 0.743. The maximum absolute atomic E-state index is 6.52. The van der Waals surface area contributed by atoms with Gasteiger partial charge in [-0.3, -0.25) is 0 Å². The Morgan fingerprint density at radius 2 is 1.32 bits per heavy atom. The molecule has 3 aromatic rings. The molecule has 0 saturated heterocycles. The molecule has 0 heterocycles. The van der Waals surface area contributed by atoms with Crippen molar-refractivity contribution in [1.29, 1.82) is 0 Å². The SMILES string of the molecule is CC(C)(C)c1ccc2c(c1)C(C)(C)c1cc(C(C)(C)C)cc(-c3ccc(Br)c(Cl)c3)c1-2. The third-order valence-electron chi connectivity index (χ3n) is 6.74. The fraction of sp³-hybridized carbons (Fsp3) is 0.379. The minimum atomic E-state index is -0.0545. The molecule has 0 atom stereocenters. The summed E-state index contributed by atoms with van der Waals surface area (Å²) in [6.07, 6.45) is 0. The van der Waals surface area contributed by atoms with Crippen molar-refractivity contribution in [3.8, 4) is 22.3 Å². The van der Waals surface area contributed by atoms with Gasteiger partial charge in [-0.2, -0.15) is 0 Å². The molecule has 1 aliphatic carbocycles. The number of hydrogen-bond donors (Lipinski definition) is 0. The van der Waals surface area contributed by atoms with Gasteiger partial charge in [0.25, 0.3) is 0 Å². The van der Waals surface area contributed by atoms with Crippen LogP contribution in [0.25, 0.3) is 22.3 Å². The molecule has 31 heavy (non-hydrogen) atoms. The van der Waals surface area contributed by atoms with Crippen LogP contribution in [0.2, 0.25) is 5.02 Å². The lowest BCUT2D eigenvalue weighted by Gasteiger charge is -2.27. The van der Waals surface area contributed by atoms with Crippen molar-refractivity contribution in [3.05, 3.63) is 80.3 Å². The van der Waals surface area contributed by atoms with Gasteiger partial charge in [0.15, 0.2) is 0 Å². The molecule has 0 saturated carbocycles. The average Bonchev–Trinajstić information content (AvgIpc) is 2.89. The van der Waals surface area contributed by atoms with Crippen molar-refractivity contribution in [2.45, 2.75) is 71.6 Å². The first-order valence-electron chi connectivity index (χ1n) is 11.0. The molecule has 1 aliphatic rings. The number of benzene rings is 3. The highest BCUT2D eigenvalue weighted by atomic mass is 79.9. The summed E-state index contributed by atoms with van der Waals surface area (Å²) in [5.41, 5.74) is 10.8. The topological polar surface area (TPSA) is 0 Å². The van der Waals surface area contributed by atoms with Crippen LogP contribution in [0.3, 0.4) is 0 Å². The van der Waals surface area contributed by atoms with Gasteiger partial charge in [0.1, 0.15) is 0 Å². The van der Waals surface area contributed by atoms with E-state index in [0.717, 1.165) is 9.50 Å². The molecule has 0 radical (unpaired) electrons. The van der Waals surface area contributed by atoms with E-state index in [2.05, 4.69) is 120 Å². The summed E-state index contributed by atoms with van der Waals surface area (Å²) >= 11 is 10.1. The van der Waals surface area contributed by atoms with Crippen LogP contribution in [0.15, 0.2) is 53.0 Å². The van der Waals surface area contributed by atoms with Crippen LogP contribution in [-0.4, -0.2) is 0 Å². The predicted molar refractivity (Wildman–Crippen MR) is 140 cm³/mol. The highest BCUT2D eigenvalue weighted by Crippen LogP contribution is 2.54. The van der Waals surface area contributed by atoms with E-state index in [1.54, 1.807) is 0 Å². The Hall–Kier alpha value is -1.57. The molecule has 0 bridgehead atoms. The van der Waals surface area contributed by atoms with E-state index in [1.807, 2.05) is 0 Å². The van der Waals surface area contributed by atoms with Crippen molar-refractivity contribution in [3.63, 3.8) is 0 Å². The second kappa shape index (κ2) is 7.22. The Bertz CT molecular complexity index is 1190. The van der Waals surface area contributed by atoms with Crippen LogP contribution < -0.4 is 0 Å². The summed E-state index contributed by atoms with van der Waals surface area (Å²) < 4.78 is 0.928. The van der Waals surface area contributed by atoms with Crippen molar-refractivity contribution >= 4 is 27.5 Å². The predicted octanol–water partition coefficient (Wildman–Crippen LogP) is 9.67.